The number of nitrogens with one attached hydrogen (secondary N) is 1. The van der Waals surface area contributed by atoms with Crippen LogP contribution in [0.1, 0.15) is 31.2 Å². The monoisotopic (exact) mass is 212 g/mol. The molecule has 2 N–H and O–H groups in total. The molecule has 84 valence electrons. The molecule has 0 radical (unpaired) electrons. The number of aryl methyl sites for hydroxylation is 1. The number of piperidine rings is 1. The van der Waals surface area contributed by atoms with Gasteiger partial charge in [0, 0.05) is 0 Å². The number of aliphatic hydroxyl groups is 1. The predicted molar refractivity (Wildman–Crippen MR) is 53.2 cm³/mol. The predicted octanol–water partition coefficient (Wildman–Crippen LogP) is -1.69. The third-order valence-electron chi connectivity index (χ3n) is 2.86. The van der Waals surface area contributed by atoms with Crippen molar-refractivity contribution in [1.82, 2.24) is 20.2 Å². The molecule has 0 bridgehead atoms. The Morgan fingerprint density at radius 1 is 1.40 bits per heavy atom. The van der Waals surface area contributed by atoms with Gasteiger partial charge >= 0.3 is 0 Å². The van der Waals surface area contributed by atoms with Crippen molar-refractivity contribution in [2.75, 3.05) is 19.6 Å². The van der Waals surface area contributed by atoms with Crippen LogP contribution in [0.25, 0.3) is 0 Å². The molecule has 0 amide bonds. The van der Waals surface area contributed by atoms with E-state index in [2.05, 4.69) is 15.4 Å². The van der Waals surface area contributed by atoms with Crippen LogP contribution in [0, 0.1) is 0 Å². The normalized spacial score (nSPS) is 20.4. The SMILES string of the molecule is Cn1nnc(C(O)C[NH+]2CCCCC2)n1. The van der Waals surface area contributed by atoms with Gasteiger partial charge in [-0.05, 0) is 24.5 Å². The van der Waals surface area contributed by atoms with Gasteiger partial charge in [-0.15, -0.1) is 10.2 Å². The molecule has 15 heavy (non-hydrogen) atoms. The number of aromatic nitrogens is 4. The van der Waals surface area contributed by atoms with E-state index in [1.807, 2.05) is 0 Å². The van der Waals surface area contributed by atoms with Gasteiger partial charge in [-0.1, -0.05) is 0 Å². The summed E-state index contributed by atoms with van der Waals surface area (Å²) in [6, 6.07) is 0. The first kappa shape index (κ1) is 10.5. The van der Waals surface area contributed by atoms with E-state index in [9.17, 15) is 5.11 Å². The van der Waals surface area contributed by atoms with Crippen LogP contribution < -0.4 is 4.90 Å². The van der Waals surface area contributed by atoms with Crippen molar-refractivity contribution in [2.45, 2.75) is 25.4 Å². The molecule has 6 heteroatoms. The maximum absolute atomic E-state index is 9.89. The Kier molecular flexibility index (Phi) is 3.27. The Hall–Kier alpha value is -1.01. The number of aliphatic hydroxyl groups excluding tert-OH is 1. The largest absolute Gasteiger partial charge is 0.379 e. The quantitative estimate of drug-likeness (QED) is 0.627. The van der Waals surface area contributed by atoms with Crippen LogP contribution in [0.5, 0.6) is 0 Å². The van der Waals surface area contributed by atoms with Crippen molar-refractivity contribution >= 4 is 0 Å². The molecule has 1 aliphatic heterocycles. The van der Waals surface area contributed by atoms with Crippen LogP contribution in [-0.2, 0) is 7.05 Å². The molecule has 0 aliphatic carbocycles. The van der Waals surface area contributed by atoms with Crippen molar-refractivity contribution in [3.05, 3.63) is 5.82 Å². The molecule has 1 unspecified atom stereocenters. The smallest absolute Gasteiger partial charge is 0.208 e. The number of likely N-dealkylation sites (tertiary alicyclic amines) is 1. The topological polar surface area (TPSA) is 68.3 Å². The highest BCUT2D eigenvalue weighted by Gasteiger charge is 2.21. The van der Waals surface area contributed by atoms with Crippen LogP contribution in [0.3, 0.4) is 0 Å². The molecule has 2 heterocycles. The summed E-state index contributed by atoms with van der Waals surface area (Å²) in [5.41, 5.74) is 0. The fourth-order valence-electron chi connectivity index (χ4n) is 2.05. The Bertz CT molecular complexity index is 307. The van der Waals surface area contributed by atoms with Gasteiger partial charge in [-0.25, -0.2) is 0 Å². The number of nitrogens with zero attached hydrogens (tertiary/aromatic N) is 4. The van der Waals surface area contributed by atoms with Gasteiger partial charge < -0.3 is 10.0 Å². The van der Waals surface area contributed by atoms with Crippen molar-refractivity contribution < 1.29 is 10.0 Å². The summed E-state index contributed by atoms with van der Waals surface area (Å²) < 4.78 is 0. The molecular formula is C9H18N5O+. The summed E-state index contributed by atoms with van der Waals surface area (Å²) in [5, 5.41) is 21.4. The van der Waals surface area contributed by atoms with E-state index in [-0.39, 0.29) is 0 Å². The van der Waals surface area contributed by atoms with Gasteiger partial charge in [-0.2, -0.15) is 4.80 Å². The Morgan fingerprint density at radius 2 is 2.13 bits per heavy atom. The van der Waals surface area contributed by atoms with E-state index < -0.39 is 6.10 Å². The van der Waals surface area contributed by atoms with Crippen LogP contribution in [0.15, 0.2) is 0 Å². The number of quaternary nitrogens is 1. The minimum absolute atomic E-state index is 0.440. The highest BCUT2D eigenvalue weighted by atomic mass is 16.3. The summed E-state index contributed by atoms with van der Waals surface area (Å²) in [7, 11) is 1.71. The minimum Gasteiger partial charge on any atom is -0.379 e. The zero-order valence-electron chi connectivity index (χ0n) is 9.06. The van der Waals surface area contributed by atoms with Gasteiger partial charge in [-0.3, -0.25) is 0 Å². The van der Waals surface area contributed by atoms with Gasteiger partial charge in [0.15, 0.2) is 6.10 Å². The van der Waals surface area contributed by atoms with E-state index in [0.29, 0.717) is 12.4 Å². The second kappa shape index (κ2) is 4.67. The Labute approximate surface area is 88.9 Å². The van der Waals surface area contributed by atoms with E-state index in [1.54, 1.807) is 7.05 Å². The average molecular weight is 212 g/mol. The lowest BCUT2D eigenvalue weighted by Gasteiger charge is -2.24. The molecule has 1 saturated heterocycles. The van der Waals surface area contributed by atoms with E-state index >= 15 is 0 Å². The zero-order valence-corrected chi connectivity index (χ0v) is 9.06. The molecular weight excluding hydrogens is 194 g/mol. The third kappa shape index (κ3) is 2.73. The van der Waals surface area contributed by atoms with Crippen molar-refractivity contribution in [2.24, 2.45) is 7.05 Å². The molecule has 6 nitrogen and oxygen atoms in total. The van der Waals surface area contributed by atoms with Gasteiger partial charge in [0.05, 0.1) is 20.1 Å². The Balaban J connectivity index is 1.88. The summed E-state index contributed by atoms with van der Waals surface area (Å²) in [6.45, 7) is 3.00. The van der Waals surface area contributed by atoms with Crippen LogP contribution in [-0.4, -0.2) is 44.9 Å². The standard InChI is InChI=1S/C9H17N5O/c1-13-11-9(10-12-13)8(15)7-14-5-3-2-4-6-14/h8,15H,2-7H2,1H3/p+1. The molecule has 1 aromatic rings. The van der Waals surface area contributed by atoms with Gasteiger partial charge in [0.2, 0.25) is 5.82 Å². The summed E-state index contributed by atoms with van der Waals surface area (Å²) in [6.07, 6.45) is 3.27. The summed E-state index contributed by atoms with van der Waals surface area (Å²) >= 11 is 0. The van der Waals surface area contributed by atoms with E-state index in [1.165, 1.54) is 29.0 Å². The molecule has 1 aliphatic rings. The molecule has 1 atom stereocenters. The lowest BCUT2D eigenvalue weighted by atomic mass is 10.1. The van der Waals surface area contributed by atoms with Crippen LogP contribution in [0.2, 0.25) is 0 Å². The summed E-state index contributed by atoms with van der Waals surface area (Å²) in [4.78, 5) is 2.82. The van der Waals surface area contributed by atoms with E-state index in [0.717, 1.165) is 13.1 Å². The number of rotatable bonds is 3. The molecule has 2 rings (SSSR count). The van der Waals surface area contributed by atoms with Crippen molar-refractivity contribution in [3.63, 3.8) is 0 Å². The first-order chi connectivity index (χ1) is 7.25. The highest BCUT2D eigenvalue weighted by Crippen LogP contribution is 2.02. The highest BCUT2D eigenvalue weighted by molar-refractivity contribution is 4.82. The molecule has 0 spiro atoms. The molecule has 1 aromatic heterocycles. The van der Waals surface area contributed by atoms with Gasteiger partial charge in [0.1, 0.15) is 6.54 Å². The van der Waals surface area contributed by atoms with Crippen molar-refractivity contribution in [1.29, 1.82) is 0 Å². The van der Waals surface area contributed by atoms with Crippen LogP contribution >= 0.6 is 0 Å². The fourth-order valence-corrected chi connectivity index (χ4v) is 2.05. The average Bonchev–Trinajstić information content (AvgIpc) is 2.66. The maximum atomic E-state index is 9.89. The lowest BCUT2D eigenvalue weighted by Crippen LogP contribution is -3.13. The zero-order chi connectivity index (χ0) is 10.7. The third-order valence-corrected chi connectivity index (χ3v) is 2.86. The fraction of sp³-hybridized carbons (Fsp3) is 0.889. The first-order valence-corrected chi connectivity index (χ1v) is 5.51. The molecule has 1 fully saturated rings. The van der Waals surface area contributed by atoms with Crippen LogP contribution in [0.4, 0.5) is 0 Å². The number of tetrazole rings is 1. The minimum atomic E-state index is -0.577. The lowest BCUT2D eigenvalue weighted by molar-refractivity contribution is -0.908. The maximum Gasteiger partial charge on any atom is 0.208 e. The molecule has 0 aromatic carbocycles. The second-order valence-corrected chi connectivity index (χ2v) is 4.17. The molecule has 0 saturated carbocycles. The van der Waals surface area contributed by atoms with Crippen molar-refractivity contribution in [3.8, 4) is 0 Å². The van der Waals surface area contributed by atoms with E-state index in [4.69, 9.17) is 0 Å². The first-order valence-electron chi connectivity index (χ1n) is 5.51. The number of hydrogen-bond acceptors (Lipinski definition) is 4. The summed E-state index contributed by atoms with van der Waals surface area (Å²) in [5.74, 6) is 0.440. The Morgan fingerprint density at radius 3 is 2.73 bits per heavy atom. The number of hydrogen-bond donors (Lipinski definition) is 2. The van der Waals surface area contributed by atoms with Gasteiger partial charge in [0.25, 0.3) is 0 Å². The second-order valence-electron chi connectivity index (χ2n) is 4.17.